The molecule has 0 unspecified atom stereocenters. The lowest BCUT2D eigenvalue weighted by atomic mass is 10.1. The Bertz CT molecular complexity index is 661. The van der Waals surface area contributed by atoms with E-state index in [4.69, 9.17) is 11.6 Å². The zero-order valence-corrected chi connectivity index (χ0v) is 13.1. The summed E-state index contributed by atoms with van der Waals surface area (Å²) >= 11 is 8.78. The molecule has 21 heavy (non-hydrogen) atoms. The van der Waals surface area contributed by atoms with Crippen LogP contribution < -0.4 is 5.32 Å². The van der Waals surface area contributed by atoms with Crippen molar-refractivity contribution in [2.75, 3.05) is 0 Å². The normalized spacial score (nSPS) is 10.5. The summed E-state index contributed by atoms with van der Waals surface area (Å²) in [5.41, 5.74) is 1.60. The quantitative estimate of drug-likeness (QED) is 0.622. The number of carbonyl (C=O) groups excluding carboxylic acids is 1. The highest BCUT2D eigenvalue weighted by atomic mass is 79.9. The van der Waals surface area contributed by atoms with Crippen LogP contribution in [0.1, 0.15) is 21.5 Å². The summed E-state index contributed by atoms with van der Waals surface area (Å²) in [7, 11) is 0. The molecular weight excluding hydrogens is 364 g/mol. The van der Waals surface area contributed by atoms with Crippen LogP contribution in [-0.2, 0) is 11.9 Å². The Morgan fingerprint density at radius 1 is 1.10 bits per heavy atom. The maximum atomic E-state index is 13.6. The highest BCUT2D eigenvalue weighted by Crippen LogP contribution is 2.19. The minimum Gasteiger partial charge on any atom is -0.348 e. The molecule has 0 aliphatic carbocycles. The van der Waals surface area contributed by atoms with Crippen LogP contribution in [0.15, 0.2) is 36.4 Å². The van der Waals surface area contributed by atoms with Gasteiger partial charge in [0.05, 0.1) is 10.6 Å². The van der Waals surface area contributed by atoms with Crippen molar-refractivity contribution in [2.45, 2.75) is 11.9 Å². The van der Waals surface area contributed by atoms with Crippen molar-refractivity contribution in [3.63, 3.8) is 0 Å². The average molecular weight is 375 g/mol. The lowest BCUT2D eigenvalue weighted by Crippen LogP contribution is -2.24. The molecule has 0 saturated carbocycles. The first kappa shape index (κ1) is 15.9. The van der Waals surface area contributed by atoms with Gasteiger partial charge >= 0.3 is 0 Å². The predicted molar refractivity (Wildman–Crippen MR) is 81.6 cm³/mol. The number of hydrogen-bond acceptors (Lipinski definition) is 1. The smallest absolute Gasteiger partial charge is 0.254 e. The second kappa shape index (κ2) is 7.00. The van der Waals surface area contributed by atoms with Crippen molar-refractivity contribution >= 4 is 33.4 Å². The van der Waals surface area contributed by atoms with Gasteiger partial charge in [0.25, 0.3) is 5.91 Å². The fourth-order valence-corrected chi connectivity index (χ4v) is 2.24. The highest BCUT2D eigenvalue weighted by molar-refractivity contribution is 9.08. The molecule has 2 aromatic rings. The van der Waals surface area contributed by atoms with Gasteiger partial charge in [-0.05, 0) is 23.3 Å². The first-order valence-electron chi connectivity index (χ1n) is 6.08. The van der Waals surface area contributed by atoms with E-state index in [-0.39, 0.29) is 17.1 Å². The largest absolute Gasteiger partial charge is 0.348 e. The Balaban J connectivity index is 2.06. The summed E-state index contributed by atoms with van der Waals surface area (Å²) in [4.78, 5) is 11.9. The van der Waals surface area contributed by atoms with Gasteiger partial charge < -0.3 is 5.32 Å². The van der Waals surface area contributed by atoms with Gasteiger partial charge in [0.15, 0.2) is 0 Å². The van der Waals surface area contributed by atoms with Gasteiger partial charge in [0, 0.05) is 11.9 Å². The summed E-state index contributed by atoms with van der Waals surface area (Å²) in [6.07, 6.45) is 0. The van der Waals surface area contributed by atoms with Crippen LogP contribution in [0.5, 0.6) is 0 Å². The molecule has 0 atom stereocenters. The van der Waals surface area contributed by atoms with E-state index in [2.05, 4.69) is 21.2 Å². The van der Waals surface area contributed by atoms with E-state index in [9.17, 15) is 13.6 Å². The lowest BCUT2D eigenvalue weighted by molar-refractivity contribution is 0.0946. The molecule has 2 rings (SSSR count). The fourth-order valence-electron chi connectivity index (χ4n) is 1.72. The Labute approximate surface area is 134 Å². The third-order valence-corrected chi connectivity index (χ3v) is 3.82. The first-order chi connectivity index (χ1) is 10.0. The second-order valence-electron chi connectivity index (χ2n) is 4.38. The summed E-state index contributed by atoms with van der Waals surface area (Å²) < 4.78 is 26.9. The van der Waals surface area contributed by atoms with E-state index in [1.54, 1.807) is 0 Å². The van der Waals surface area contributed by atoms with Crippen LogP contribution in [0.3, 0.4) is 0 Å². The fraction of sp³-hybridized carbons (Fsp3) is 0.133. The summed E-state index contributed by atoms with van der Waals surface area (Å²) in [6, 6.07) is 9.13. The Morgan fingerprint density at radius 2 is 1.71 bits per heavy atom. The molecule has 0 bridgehead atoms. The molecule has 0 heterocycles. The van der Waals surface area contributed by atoms with E-state index in [0.717, 1.165) is 28.6 Å². The Morgan fingerprint density at radius 3 is 2.33 bits per heavy atom. The van der Waals surface area contributed by atoms with E-state index < -0.39 is 17.5 Å². The molecule has 1 N–H and O–H groups in total. The summed E-state index contributed by atoms with van der Waals surface area (Å²) in [5, 5.41) is 2.93. The molecule has 110 valence electrons. The molecule has 6 heteroatoms. The Kier molecular flexibility index (Phi) is 5.31. The first-order valence-corrected chi connectivity index (χ1v) is 7.57. The van der Waals surface area contributed by atoms with E-state index in [0.29, 0.717) is 0 Å². The van der Waals surface area contributed by atoms with Gasteiger partial charge in [-0.3, -0.25) is 4.79 Å². The zero-order valence-electron chi connectivity index (χ0n) is 10.8. The molecule has 0 fully saturated rings. The van der Waals surface area contributed by atoms with Crippen molar-refractivity contribution in [1.29, 1.82) is 0 Å². The molecule has 1 amide bonds. The molecule has 0 aromatic heterocycles. The number of nitrogens with one attached hydrogen (secondary N) is 1. The van der Waals surface area contributed by atoms with Crippen molar-refractivity contribution in [2.24, 2.45) is 0 Å². The highest BCUT2D eigenvalue weighted by Gasteiger charge is 2.15. The van der Waals surface area contributed by atoms with Crippen LogP contribution in [0, 0.1) is 11.6 Å². The van der Waals surface area contributed by atoms with Gasteiger partial charge in [0.2, 0.25) is 0 Å². The topological polar surface area (TPSA) is 29.1 Å². The number of rotatable bonds is 4. The van der Waals surface area contributed by atoms with E-state index >= 15 is 0 Å². The molecular formula is C15H11BrClF2NO. The number of halogens is 4. The zero-order chi connectivity index (χ0) is 15.4. The molecule has 0 saturated heterocycles. The SMILES string of the molecule is O=C(NCc1ccc(CBr)cc1)c1cc(F)c(Cl)cc1F. The summed E-state index contributed by atoms with van der Waals surface area (Å²) in [5.74, 6) is -2.37. The van der Waals surface area contributed by atoms with Crippen molar-refractivity contribution in [1.82, 2.24) is 5.32 Å². The van der Waals surface area contributed by atoms with Crippen molar-refractivity contribution < 1.29 is 13.6 Å². The van der Waals surface area contributed by atoms with Crippen molar-refractivity contribution in [3.05, 3.63) is 69.7 Å². The predicted octanol–water partition coefficient (Wildman–Crippen LogP) is 4.44. The van der Waals surface area contributed by atoms with Crippen molar-refractivity contribution in [3.8, 4) is 0 Å². The third kappa shape index (κ3) is 4.02. The molecule has 0 spiro atoms. The van der Waals surface area contributed by atoms with Crippen LogP contribution >= 0.6 is 27.5 Å². The van der Waals surface area contributed by atoms with Gasteiger partial charge in [-0.15, -0.1) is 0 Å². The van der Waals surface area contributed by atoms with Crippen LogP contribution in [0.2, 0.25) is 5.02 Å². The van der Waals surface area contributed by atoms with Gasteiger partial charge in [0.1, 0.15) is 11.6 Å². The maximum Gasteiger partial charge on any atom is 0.254 e. The molecule has 2 aromatic carbocycles. The van der Waals surface area contributed by atoms with E-state index in [1.807, 2.05) is 24.3 Å². The Hall–Kier alpha value is -1.46. The van der Waals surface area contributed by atoms with Gasteiger partial charge in [-0.1, -0.05) is 51.8 Å². The standard InChI is InChI=1S/C15H11BrClF2NO/c16-7-9-1-3-10(4-2-9)8-20-15(21)11-5-14(19)12(17)6-13(11)18/h1-6H,7-8H2,(H,20,21). The molecule has 0 radical (unpaired) electrons. The number of carbonyl (C=O) groups is 1. The van der Waals surface area contributed by atoms with Crippen LogP contribution in [0.4, 0.5) is 8.78 Å². The number of hydrogen-bond donors (Lipinski definition) is 1. The molecule has 0 aliphatic heterocycles. The second-order valence-corrected chi connectivity index (χ2v) is 5.35. The van der Waals surface area contributed by atoms with Gasteiger partial charge in [-0.25, -0.2) is 8.78 Å². The maximum absolute atomic E-state index is 13.6. The van der Waals surface area contributed by atoms with Gasteiger partial charge in [-0.2, -0.15) is 0 Å². The third-order valence-electron chi connectivity index (χ3n) is 2.88. The van der Waals surface area contributed by atoms with Crippen LogP contribution in [-0.4, -0.2) is 5.91 Å². The monoisotopic (exact) mass is 373 g/mol. The minimum atomic E-state index is -0.853. The average Bonchev–Trinajstić information content (AvgIpc) is 2.49. The lowest BCUT2D eigenvalue weighted by Gasteiger charge is -2.07. The molecule has 2 nitrogen and oxygen atoms in total. The summed E-state index contributed by atoms with van der Waals surface area (Å²) in [6.45, 7) is 0.227. The minimum absolute atomic E-state index is 0.227. The number of amides is 1. The van der Waals surface area contributed by atoms with E-state index in [1.165, 1.54) is 0 Å². The number of benzene rings is 2. The molecule has 0 aliphatic rings. The van der Waals surface area contributed by atoms with Crippen LogP contribution in [0.25, 0.3) is 0 Å². The number of alkyl halides is 1.